The lowest BCUT2D eigenvalue weighted by Crippen LogP contribution is -1.95. The molecule has 2 N–H and O–H groups in total. The average Bonchev–Trinajstić information content (AvgIpc) is 2.49. The second-order valence-corrected chi connectivity index (χ2v) is 4.80. The van der Waals surface area contributed by atoms with Crippen LogP contribution in [0.4, 0.5) is 5.82 Å². The van der Waals surface area contributed by atoms with E-state index in [1.807, 2.05) is 24.3 Å². The van der Waals surface area contributed by atoms with E-state index in [-0.39, 0.29) is 5.75 Å². The number of aromatic nitrogens is 1. The maximum absolute atomic E-state index is 9.22. The van der Waals surface area contributed by atoms with Gasteiger partial charge >= 0.3 is 0 Å². The number of hydrogen-bond acceptors (Lipinski definition) is 4. The molecular weight excluding hydrogens is 262 g/mol. The summed E-state index contributed by atoms with van der Waals surface area (Å²) < 4.78 is 0. The van der Waals surface area contributed by atoms with Crippen LogP contribution in [0.3, 0.4) is 0 Å². The molecule has 3 aromatic rings. The summed E-state index contributed by atoms with van der Waals surface area (Å²) in [5.41, 5.74) is 5.94. The molecular formula is C17H15N3O. The van der Waals surface area contributed by atoms with Crippen molar-refractivity contribution in [1.82, 2.24) is 4.98 Å². The van der Waals surface area contributed by atoms with Gasteiger partial charge in [0, 0.05) is 5.39 Å². The smallest absolute Gasteiger partial charge is 0.147 e. The van der Waals surface area contributed by atoms with Crippen LogP contribution in [0.5, 0.6) is 5.75 Å². The van der Waals surface area contributed by atoms with Crippen molar-refractivity contribution in [1.29, 1.82) is 0 Å². The largest absolute Gasteiger partial charge is 0.508 e. The molecule has 0 aliphatic heterocycles. The Kier molecular flexibility index (Phi) is 3.51. The Hall–Kier alpha value is -2.88. The molecule has 21 heavy (non-hydrogen) atoms. The third-order valence-electron chi connectivity index (χ3n) is 3.21. The van der Waals surface area contributed by atoms with Gasteiger partial charge in [0.1, 0.15) is 11.6 Å². The summed E-state index contributed by atoms with van der Waals surface area (Å²) in [6.07, 6.45) is 1.69. The predicted molar refractivity (Wildman–Crippen MR) is 85.8 cm³/mol. The summed E-state index contributed by atoms with van der Waals surface area (Å²) >= 11 is 0. The van der Waals surface area contributed by atoms with Crippen LogP contribution in [-0.2, 0) is 0 Å². The highest BCUT2D eigenvalue weighted by molar-refractivity contribution is 5.84. The predicted octanol–water partition coefficient (Wildman–Crippen LogP) is 3.69. The van der Waals surface area contributed by atoms with Gasteiger partial charge in [0.25, 0.3) is 0 Å². The van der Waals surface area contributed by atoms with Crippen molar-refractivity contribution < 1.29 is 5.11 Å². The molecule has 0 aliphatic carbocycles. The maximum atomic E-state index is 9.22. The lowest BCUT2D eigenvalue weighted by Gasteiger charge is -2.05. The van der Waals surface area contributed by atoms with Crippen LogP contribution in [0.1, 0.15) is 11.1 Å². The number of hydrogen-bond donors (Lipinski definition) is 2. The first-order chi connectivity index (χ1) is 10.2. The summed E-state index contributed by atoms with van der Waals surface area (Å²) in [7, 11) is 0. The number of nitrogens with zero attached hydrogens (tertiary/aromatic N) is 2. The number of benzene rings is 2. The topological polar surface area (TPSA) is 57.5 Å². The van der Waals surface area contributed by atoms with E-state index >= 15 is 0 Å². The van der Waals surface area contributed by atoms with Crippen LogP contribution >= 0.6 is 0 Å². The minimum Gasteiger partial charge on any atom is -0.508 e. The summed E-state index contributed by atoms with van der Waals surface area (Å²) in [5.74, 6) is 0.952. The number of rotatable bonds is 3. The highest BCUT2D eigenvalue weighted by atomic mass is 16.3. The Balaban J connectivity index is 1.80. The van der Waals surface area contributed by atoms with E-state index in [1.54, 1.807) is 30.5 Å². The summed E-state index contributed by atoms with van der Waals surface area (Å²) in [6, 6.07) is 16.8. The minimum atomic E-state index is 0.243. The summed E-state index contributed by atoms with van der Waals surface area (Å²) in [5, 5.41) is 14.5. The van der Waals surface area contributed by atoms with Crippen molar-refractivity contribution in [3.05, 3.63) is 65.7 Å². The number of anilines is 1. The van der Waals surface area contributed by atoms with Crippen molar-refractivity contribution in [3.63, 3.8) is 0 Å². The van der Waals surface area contributed by atoms with E-state index in [2.05, 4.69) is 28.5 Å². The molecule has 0 fully saturated rings. The van der Waals surface area contributed by atoms with Crippen LogP contribution in [0.25, 0.3) is 10.9 Å². The number of para-hydroxylation sites is 1. The number of nitrogens with one attached hydrogen (secondary N) is 1. The molecule has 0 radical (unpaired) electrons. The van der Waals surface area contributed by atoms with Crippen molar-refractivity contribution in [2.45, 2.75) is 6.92 Å². The van der Waals surface area contributed by atoms with Gasteiger partial charge in [0.15, 0.2) is 0 Å². The van der Waals surface area contributed by atoms with Gasteiger partial charge in [0.05, 0.1) is 11.7 Å². The van der Waals surface area contributed by atoms with Gasteiger partial charge in [-0.05, 0) is 54.4 Å². The number of hydrazone groups is 1. The first-order valence-electron chi connectivity index (χ1n) is 6.67. The quantitative estimate of drug-likeness (QED) is 0.567. The Morgan fingerprint density at radius 1 is 1.10 bits per heavy atom. The molecule has 104 valence electrons. The first-order valence-corrected chi connectivity index (χ1v) is 6.67. The van der Waals surface area contributed by atoms with Gasteiger partial charge in [0.2, 0.25) is 0 Å². The van der Waals surface area contributed by atoms with Crippen molar-refractivity contribution in [3.8, 4) is 5.75 Å². The van der Waals surface area contributed by atoms with Gasteiger partial charge < -0.3 is 5.11 Å². The molecule has 0 saturated carbocycles. The monoisotopic (exact) mass is 277 g/mol. The maximum Gasteiger partial charge on any atom is 0.147 e. The van der Waals surface area contributed by atoms with Crippen molar-refractivity contribution in [2.24, 2.45) is 5.10 Å². The number of phenols is 1. The minimum absolute atomic E-state index is 0.243. The van der Waals surface area contributed by atoms with Crippen molar-refractivity contribution in [2.75, 3.05) is 5.43 Å². The Bertz CT molecular complexity index is 795. The lowest BCUT2D eigenvalue weighted by atomic mass is 10.1. The Morgan fingerprint density at radius 2 is 1.86 bits per heavy atom. The van der Waals surface area contributed by atoms with Crippen LogP contribution in [0, 0.1) is 6.92 Å². The van der Waals surface area contributed by atoms with Crippen LogP contribution in [0.15, 0.2) is 59.7 Å². The second-order valence-electron chi connectivity index (χ2n) is 4.80. The second kappa shape index (κ2) is 5.63. The number of pyridine rings is 1. The number of aryl methyl sites for hydroxylation is 1. The van der Waals surface area contributed by atoms with E-state index in [1.165, 1.54) is 0 Å². The van der Waals surface area contributed by atoms with E-state index in [0.717, 1.165) is 22.0 Å². The molecule has 0 atom stereocenters. The molecule has 0 spiro atoms. The first kappa shape index (κ1) is 13.1. The molecule has 0 bridgehead atoms. The molecule has 0 unspecified atom stereocenters. The molecule has 0 saturated heterocycles. The molecule has 4 heteroatoms. The van der Waals surface area contributed by atoms with Gasteiger partial charge in [-0.2, -0.15) is 5.10 Å². The molecule has 4 nitrogen and oxygen atoms in total. The fraction of sp³-hybridized carbons (Fsp3) is 0.0588. The lowest BCUT2D eigenvalue weighted by molar-refractivity contribution is 0.475. The molecule has 3 rings (SSSR count). The molecule has 1 aromatic heterocycles. The highest BCUT2D eigenvalue weighted by Crippen LogP contribution is 2.19. The summed E-state index contributed by atoms with van der Waals surface area (Å²) in [4.78, 5) is 4.52. The van der Waals surface area contributed by atoms with Gasteiger partial charge in [-0.1, -0.05) is 18.2 Å². The summed E-state index contributed by atoms with van der Waals surface area (Å²) in [6.45, 7) is 2.05. The van der Waals surface area contributed by atoms with Crippen LogP contribution in [0.2, 0.25) is 0 Å². The van der Waals surface area contributed by atoms with Gasteiger partial charge in [-0.3, -0.25) is 5.43 Å². The van der Waals surface area contributed by atoms with E-state index in [4.69, 9.17) is 0 Å². The zero-order valence-electron chi connectivity index (χ0n) is 11.6. The van der Waals surface area contributed by atoms with Crippen LogP contribution < -0.4 is 5.43 Å². The van der Waals surface area contributed by atoms with Crippen LogP contribution in [-0.4, -0.2) is 16.3 Å². The SMILES string of the molecule is Cc1cc(N/N=C/c2ccc(O)cc2)nc2ccccc12. The standard InChI is InChI=1S/C17H15N3O/c1-12-10-17(19-16-5-3-2-4-15(12)16)20-18-11-13-6-8-14(21)9-7-13/h2-11,21H,1H3,(H,19,20)/b18-11+. The highest BCUT2D eigenvalue weighted by Gasteiger charge is 2.00. The fourth-order valence-electron chi connectivity index (χ4n) is 2.14. The number of fused-ring (bicyclic) bond motifs is 1. The third kappa shape index (κ3) is 3.00. The van der Waals surface area contributed by atoms with Crippen molar-refractivity contribution >= 4 is 22.9 Å². The molecule has 0 amide bonds. The number of aromatic hydroxyl groups is 1. The van der Waals surface area contributed by atoms with Gasteiger partial charge in [-0.15, -0.1) is 0 Å². The molecule has 1 heterocycles. The molecule has 2 aromatic carbocycles. The normalized spacial score (nSPS) is 11.1. The van der Waals surface area contributed by atoms with E-state index < -0.39 is 0 Å². The average molecular weight is 277 g/mol. The Morgan fingerprint density at radius 3 is 2.67 bits per heavy atom. The zero-order valence-corrected chi connectivity index (χ0v) is 11.6. The number of phenolic OH excluding ortho intramolecular Hbond substituents is 1. The van der Waals surface area contributed by atoms with E-state index in [0.29, 0.717) is 5.82 Å². The fourth-order valence-corrected chi connectivity index (χ4v) is 2.14. The molecule has 0 aliphatic rings. The zero-order chi connectivity index (χ0) is 14.7. The van der Waals surface area contributed by atoms with Gasteiger partial charge in [-0.25, -0.2) is 4.98 Å². The van der Waals surface area contributed by atoms with E-state index in [9.17, 15) is 5.11 Å². The Labute approximate surface area is 122 Å². The third-order valence-corrected chi connectivity index (χ3v) is 3.21.